The van der Waals surface area contributed by atoms with Crippen LogP contribution in [0.3, 0.4) is 0 Å². The minimum absolute atomic E-state index is 0.0907. The zero-order valence-corrected chi connectivity index (χ0v) is 15.9. The van der Waals surface area contributed by atoms with E-state index in [-0.39, 0.29) is 18.8 Å². The molecule has 0 radical (unpaired) electrons. The summed E-state index contributed by atoms with van der Waals surface area (Å²) in [6, 6.07) is 6.11. The number of halogens is 1. The molecular weight excluding hydrogens is 397 g/mol. The van der Waals surface area contributed by atoms with Crippen molar-refractivity contribution in [2.75, 3.05) is 25.1 Å². The van der Waals surface area contributed by atoms with Crippen molar-refractivity contribution in [3.8, 4) is 5.69 Å². The lowest BCUT2D eigenvalue weighted by molar-refractivity contribution is 0.132. The number of anilines is 1. The number of alkyl carbamates (subject to hydrolysis) is 1. The predicted molar refractivity (Wildman–Crippen MR) is 101 cm³/mol. The molecule has 11 nitrogen and oxygen atoms in total. The Morgan fingerprint density at radius 1 is 1.43 bits per heavy atom. The SMILES string of the molecule is COC(=O)NCC1CN(c2ccc(-n3cc(Cn4cccn4)nn3)c(F)c2)C(=O)O1. The molecule has 0 aliphatic carbocycles. The third-order valence-corrected chi connectivity index (χ3v) is 4.45. The summed E-state index contributed by atoms with van der Waals surface area (Å²) in [5.74, 6) is -0.577. The van der Waals surface area contributed by atoms with Crippen molar-refractivity contribution in [1.82, 2.24) is 30.1 Å². The van der Waals surface area contributed by atoms with E-state index in [1.807, 2.05) is 0 Å². The van der Waals surface area contributed by atoms with E-state index in [0.29, 0.717) is 17.9 Å². The summed E-state index contributed by atoms with van der Waals surface area (Å²) in [4.78, 5) is 24.6. The maximum Gasteiger partial charge on any atom is 0.414 e. The summed E-state index contributed by atoms with van der Waals surface area (Å²) < 4.78 is 27.4. The maximum absolute atomic E-state index is 14.7. The van der Waals surface area contributed by atoms with Gasteiger partial charge in [-0.05, 0) is 24.3 Å². The van der Waals surface area contributed by atoms with Gasteiger partial charge in [0, 0.05) is 12.4 Å². The smallest absolute Gasteiger partial charge is 0.414 e. The Hall–Kier alpha value is -3.96. The summed E-state index contributed by atoms with van der Waals surface area (Å²) in [6.45, 7) is 0.666. The summed E-state index contributed by atoms with van der Waals surface area (Å²) in [7, 11) is 1.24. The molecule has 1 aliphatic heterocycles. The van der Waals surface area contributed by atoms with Crippen molar-refractivity contribution in [3.05, 3.63) is 54.4 Å². The first kappa shape index (κ1) is 19.4. The Labute approximate surface area is 170 Å². The number of hydrogen-bond acceptors (Lipinski definition) is 7. The number of nitrogens with one attached hydrogen (secondary N) is 1. The summed E-state index contributed by atoms with van der Waals surface area (Å²) in [6.07, 6.45) is 3.23. The maximum atomic E-state index is 14.7. The quantitative estimate of drug-likeness (QED) is 0.646. The van der Waals surface area contributed by atoms with Crippen LogP contribution < -0.4 is 10.2 Å². The van der Waals surface area contributed by atoms with E-state index in [4.69, 9.17) is 4.74 Å². The molecule has 1 saturated heterocycles. The average molecular weight is 415 g/mol. The van der Waals surface area contributed by atoms with Crippen LogP contribution in [0.1, 0.15) is 5.69 Å². The number of carbonyl (C=O) groups excluding carboxylic acids is 2. The molecule has 1 aliphatic rings. The number of cyclic esters (lactones) is 1. The molecule has 30 heavy (non-hydrogen) atoms. The average Bonchev–Trinajstić information content (AvgIpc) is 3.48. The highest BCUT2D eigenvalue weighted by Crippen LogP contribution is 2.25. The molecule has 1 atom stereocenters. The first-order chi connectivity index (χ1) is 14.5. The van der Waals surface area contributed by atoms with E-state index >= 15 is 0 Å². The van der Waals surface area contributed by atoms with Gasteiger partial charge in [-0.1, -0.05) is 5.21 Å². The number of aromatic nitrogens is 5. The second-order valence-corrected chi connectivity index (χ2v) is 6.48. The van der Waals surface area contributed by atoms with Crippen molar-refractivity contribution in [1.29, 1.82) is 0 Å². The van der Waals surface area contributed by atoms with Crippen LogP contribution in [-0.2, 0) is 16.0 Å². The minimum Gasteiger partial charge on any atom is -0.453 e. The number of ether oxygens (including phenoxy) is 2. The third kappa shape index (κ3) is 4.06. The fraction of sp³-hybridized carbons (Fsp3) is 0.278. The fourth-order valence-corrected chi connectivity index (χ4v) is 3.01. The van der Waals surface area contributed by atoms with Crippen LogP contribution in [0.4, 0.5) is 19.7 Å². The molecular formula is C18H18FN7O4. The van der Waals surface area contributed by atoms with Gasteiger partial charge in [0.1, 0.15) is 17.5 Å². The summed E-state index contributed by atoms with van der Waals surface area (Å²) >= 11 is 0. The molecule has 1 fully saturated rings. The largest absolute Gasteiger partial charge is 0.453 e. The highest BCUT2D eigenvalue weighted by atomic mass is 19.1. The van der Waals surface area contributed by atoms with Crippen LogP contribution >= 0.6 is 0 Å². The Balaban J connectivity index is 1.45. The molecule has 3 aromatic rings. The van der Waals surface area contributed by atoms with Crippen LogP contribution in [0.2, 0.25) is 0 Å². The van der Waals surface area contributed by atoms with Crippen LogP contribution in [0, 0.1) is 5.82 Å². The molecule has 4 rings (SSSR count). The molecule has 0 saturated carbocycles. The van der Waals surface area contributed by atoms with Gasteiger partial charge in [0.15, 0.2) is 5.82 Å². The number of benzene rings is 1. The monoisotopic (exact) mass is 415 g/mol. The Kier molecular flexibility index (Phi) is 5.28. The zero-order valence-electron chi connectivity index (χ0n) is 15.9. The van der Waals surface area contributed by atoms with Gasteiger partial charge in [-0.25, -0.2) is 18.7 Å². The topological polar surface area (TPSA) is 116 Å². The molecule has 0 bridgehead atoms. The standard InChI is InChI=1S/C18H18FN7O4/c1-29-17(27)20-8-14-11-25(18(28)30-14)13-3-4-16(15(19)7-13)26-10-12(22-23-26)9-24-6-2-5-21-24/h2-7,10,14H,8-9,11H2,1H3,(H,20,27). The van der Waals surface area contributed by atoms with Gasteiger partial charge in [0.25, 0.3) is 0 Å². The van der Waals surface area contributed by atoms with Crippen LogP contribution in [0.25, 0.3) is 5.69 Å². The van der Waals surface area contributed by atoms with Crippen molar-refractivity contribution in [3.63, 3.8) is 0 Å². The Morgan fingerprint density at radius 3 is 3.03 bits per heavy atom. The van der Waals surface area contributed by atoms with Crippen molar-refractivity contribution < 1.29 is 23.5 Å². The first-order valence-corrected chi connectivity index (χ1v) is 9.02. The lowest BCUT2D eigenvalue weighted by Crippen LogP contribution is -2.34. The minimum atomic E-state index is -0.625. The predicted octanol–water partition coefficient (Wildman–Crippen LogP) is 1.33. The van der Waals surface area contributed by atoms with E-state index in [0.717, 1.165) is 0 Å². The van der Waals surface area contributed by atoms with Gasteiger partial charge in [0.05, 0.1) is 38.6 Å². The summed E-state index contributed by atoms with van der Waals surface area (Å²) in [5, 5.41) is 14.5. The highest BCUT2D eigenvalue weighted by Gasteiger charge is 2.33. The lowest BCUT2D eigenvalue weighted by atomic mass is 10.2. The molecule has 1 aromatic carbocycles. The van der Waals surface area contributed by atoms with Gasteiger partial charge in [-0.2, -0.15) is 5.10 Å². The third-order valence-electron chi connectivity index (χ3n) is 4.45. The molecule has 2 aromatic heterocycles. The van der Waals surface area contributed by atoms with E-state index in [2.05, 4.69) is 25.5 Å². The second kappa shape index (κ2) is 8.19. The highest BCUT2D eigenvalue weighted by molar-refractivity contribution is 5.90. The Bertz CT molecular complexity index is 1050. The van der Waals surface area contributed by atoms with Gasteiger partial charge < -0.3 is 14.8 Å². The number of methoxy groups -OCH3 is 1. The van der Waals surface area contributed by atoms with E-state index in [1.165, 1.54) is 28.8 Å². The number of nitrogens with zero attached hydrogens (tertiary/aromatic N) is 6. The number of amides is 2. The van der Waals surface area contributed by atoms with Crippen molar-refractivity contribution in [2.24, 2.45) is 0 Å². The first-order valence-electron chi connectivity index (χ1n) is 9.02. The molecule has 1 N–H and O–H groups in total. The van der Waals surface area contributed by atoms with Crippen molar-refractivity contribution >= 4 is 17.9 Å². The van der Waals surface area contributed by atoms with Gasteiger partial charge in [-0.3, -0.25) is 9.58 Å². The van der Waals surface area contributed by atoms with Gasteiger partial charge in [-0.15, -0.1) is 5.10 Å². The molecule has 1 unspecified atom stereocenters. The molecule has 12 heteroatoms. The molecule has 156 valence electrons. The van der Waals surface area contributed by atoms with Gasteiger partial charge in [0.2, 0.25) is 0 Å². The fourth-order valence-electron chi connectivity index (χ4n) is 3.01. The van der Waals surface area contributed by atoms with Gasteiger partial charge >= 0.3 is 12.2 Å². The zero-order chi connectivity index (χ0) is 21.1. The van der Waals surface area contributed by atoms with Crippen LogP contribution in [0.15, 0.2) is 42.9 Å². The summed E-state index contributed by atoms with van der Waals surface area (Å²) in [5.41, 5.74) is 1.14. The molecule has 2 amide bonds. The second-order valence-electron chi connectivity index (χ2n) is 6.48. The molecule has 3 heterocycles. The van der Waals surface area contributed by atoms with E-state index in [9.17, 15) is 14.0 Å². The number of hydrogen-bond donors (Lipinski definition) is 1. The van der Waals surface area contributed by atoms with Crippen molar-refractivity contribution in [2.45, 2.75) is 12.6 Å². The van der Waals surface area contributed by atoms with Crippen LogP contribution in [-0.4, -0.2) is 63.3 Å². The number of carbonyl (C=O) groups is 2. The van der Waals surface area contributed by atoms with E-state index in [1.54, 1.807) is 35.4 Å². The molecule has 0 spiro atoms. The van der Waals surface area contributed by atoms with E-state index < -0.39 is 24.1 Å². The normalized spacial score (nSPS) is 15.9. The lowest BCUT2D eigenvalue weighted by Gasteiger charge is -2.14. The Morgan fingerprint density at radius 2 is 2.30 bits per heavy atom. The number of rotatable bonds is 6. The van der Waals surface area contributed by atoms with Crippen LogP contribution in [0.5, 0.6) is 0 Å².